The summed E-state index contributed by atoms with van der Waals surface area (Å²) in [5.41, 5.74) is 2.94. The van der Waals surface area contributed by atoms with Gasteiger partial charge in [-0.25, -0.2) is 4.79 Å². The molecule has 1 aliphatic rings. The van der Waals surface area contributed by atoms with E-state index in [9.17, 15) is 9.59 Å². The van der Waals surface area contributed by atoms with Gasteiger partial charge in [-0.05, 0) is 54.3 Å². The van der Waals surface area contributed by atoms with E-state index in [0.717, 1.165) is 22.4 Å². The van der Waals surface area contributed by atoms with Crippen LogP contribution in [0.5, 0.6) is 17.2 Å². The van der Waals surface area contributed by atoms with Crippen LogP contribution in [-0.4, -0.2) is 57.3 Å². The average molecular weight is 454 g/mol. The highest BCUT2D eigenvalue weighted by Crippen LogP contribution is 2.41. The first-order valence-electron chi connectivity index (χ1n) is 10.8. The normalized spacial score (nSPS) is 15.6. The van der Waals surface area contributed by atoms with E-state index in [2.05, 4.69) is 17.2 Å². The van der Waals surface area contributed by atoms with Crippen LogP contribution in [0.2, 0.25) is 0 Å². The van der Waals surface area contributed by atoms with Crippen LogP contribution in [0.1, 0.15) is 29.7 Å². The minimum absolute atomic E-state index is 0.270. The van der Waals surface area contributed by atoms with Gasteiger partial charge < -0.3 is 29.7 Å². The number of methoxy groups -OCH3 is 3. The molecule has 0 fully saturated rings. The van der Waals surface area contributed by atoms with E-state index in [1.165, 1.54) is 0 Å². The summed E-state index contributed by atoms with van der Waals surface area (Å²) in [6, 6.07) is 10.1. The van der Waals surface area contributed by atoms with Crippen LogP contribution in [0.3, 0.4) is 0 Å². The predicted molar refractivity (Wildman–Crippen MR) is 126 cm³/mol. The number of hydrogen-bond acceptors (Lipinski definition) is 5. The van der Waals surface area contributed by atoms with Crippen LogP contribution in [-0.2, 0) is 11.2 Å². The van der Waals surface area contributed by atoms with Crippen LogP contribution in [0, 0.1) is 0 Å². The van der Waals surface area contributed by atoms with Crippen molar-refractivity contribution in [3.8, 4) is 17.2 Å². The molecule has 0 spiro atoms. The Bertz CT molecular complexity index is 1010. The van der Waals surface area contributed by atoms with E-state index in [4.69, 9.17) is 14.2 Å². The number of amides is 3. The Balaban J connectivity index is 1.98. The smallest absolute Gasteiger partial charge is 0.318 e. The van der Waals surface area contributed by atoms with Crippen molar-refractivity contribution in [1.29, 1.82) is 0 Å². The van der Waals surface area contributed by atoms with E-state index in [1.54, 1.807) is 39.2 Å². The van der Waals surface area contributed by atoms with Gasteiger partial charge in [-0.15, -0.1) is 6.58 Å². The first-order chi connectivity index (χ1) is 15.9. The van der Waals surface area contributed by atoms with Crippen molar-refractivity contribution >= 4 is 11.9 Å². The van der Waals surface area contributed by atoms with Crippen LogP contribution >= 0.6 is 0 Å². The molecule has 3 amide bonds. The number of rotatable bonds is 8. The summed E-state index contributed by atoms with van der Waals surface area (Å²) in [6.07, 6.45) is 2.24. The summed E-state index contributed by atoms with van der Waals surface area (Å²) in [5, 5.41) is 5.53. The van der Waals surface area contributed by atoms with Crippen molar-refractivity contribution in [3.05, 3.63) is 65.7 Å². The Hall–Kier alpha value is -3.68. The SMILES string of the molecule is C=CCNC(=O)[C@H](C)NC(=O)N1CCc2cc(OC)c(OC)cc2[C@@H]1c1ccc(OC)cc1. The molecule has 3 rings (SSSR count). The van der Waals surface area contributed by atoms with E-state index >= 15 is 0 Å². The summed E-state index contributed by atoms with van der Waals surface area (Å²) in [4.78, 5) is 27.3. The molecule has 2 aromatic rings. The number of urea groups is 1. The van der Waals surface area contributed by atoms with Crippen molar-refractivity contribution in [2.45, 2.75) is 25.4 Å². The number of carbonyl (C=O) groups excluding carboxylic acids is 2. The van der Waals surface area contributed by atoms with E-state index in [1.807, 2.05) is 36.4 Å². The minimum atomic E-state index is -0.694. The second-order valence-corrected chi connectivity index (χ2v) is 7.73. The summed E-state index contributed by atoms with van der Waals surface area (Å²) in [5.74, 6) is 1.70. The Morgan fingerprint density at radius 3 is 2.39 bits per heavy atom. The van der Waals surface area contributed by atoms with Crippen molar-refractivity contribution in [1.82, 2.24) is 15.5 Å². The van der Waals surface area contributed by atoms with Crippen LogP contribution in [0.15, 0.2) is 49.1 Å². The standard InChI is InChI=1S/C25H31N3O5/c1-6-12-26-24(29)16(2)27-25(30)28-13-11-18-14-21(32-4)22(33-5)15-20(18)23(28)17-7-9-19(31-3)10-8-17/h6-10,14-16,23H,1,11-13H2,2-5H3,(H,26,29)(H,27,30)/t16-,23-/m0/s1. The molecule has 2 aromatic carbocycles. The van der Waals surface area contributed by atoms with Gasteiger partial charge >= 0.3 is 6.03 Å². The highest BCUT2D eigenvalue weighted by molar-refractivity contribution is 5.87. The van der Waals surface area contributed by atoms with Gasteiger partial charge in [-0.2, -0.15) is 0 Å². The highest BCUT2D eigenvalue weighted by Gasteiger charge is 2.34. The molecule has 8 heteroatoms. The van der Waals surface area contributed by atoms with Gasteiger partial charge in [0.05, 0.1) is 27.4 Å². The van der Waals surface area contributed by atoms with Crippen LogP contribution in [0.25, 0.3) is 0 Å². The quantitative estimate of drug-likeness (QED) is 0.600. The van der Waals surface area contributed by atoms with Crippen molar-refractivity contribution in [2.75, 3.05) is 34.4 Å². The van der Waals surface area contributed by atoms with E-state index in [-0.39, 0.29) is 18.0 Å². The number of benzene rings is 2. The lowest BCUT2D eigenvalue weighted by Gasteiger charge is -2.38. The molecule has 0 aliphatic carbocycles. The Labute approximate surface area is 194 Å². The highest BCUT2D eigenvalue weighted by atomic mass is 16.5. The number of nitrogens with one attached hydrogen (secondary N) is 2. The predicted octanol–water partition coefficient (Wildman–Crippen LogP) is 3.06. The van der Waals surface area contributed by atoms with Crippen molar-refractivity contribution in [2.24, 2.45) is 0 Å². The van der Waals surface area contributed by atoms with Gasteiger partial charge in [-0.3, -0.25) is 4.79 Å². The number of fused-ring (bicyclic) bond motifs is 1. The van der Waals surface area contributed by atoms with E-state index < -0.39 is 6.04 Å². The molecule has 0 aromatic heterocycles. The van der Waals surface area contributed by atoms with Gasteiger partial charge in [0.25, 0.3) is 0 Å². The Morgan fingerprint density at radius 2 is 1.79 bits per heavy atom. The van der Waals surface area contributed by atoms with Crippen molar-refractivity contribution in [3.63, 3.8) is 0 Å². The zero-order valence-electron chi connectivity index (χ0n) is 19.5. The fourth-order valence-electron chi connectivity index (χ4n) is 3.97. The third kappa shape index (κ3) is 5.22. The first-order valence-corrected chi connectivity index (χ1v) is 10.8. The fraction of sp³-hybridized carbons (Fsp3) is 0.360. The molecule has 176 valence electrons. The lowest BCUT2D eigenvalue weighted by Crippen LogP contribution is -2.52. The van der Waals surface area contributed by atoms with Gasteiger partial charge in [0.1, 0.15) is 11.8 Å². The molecule has 0 saturated heterocycles. The van der Waals surface area contributed by atoms with Gasteiger partial charge in [0, 0.05) is 13.1 Å². The molecule has 0 bridgehead atoms. The Morgan fingerprint density at radius 1 is 1.12 bits per heavy atom. The molecule has 33 heavy (non-hydrogen) atoms. The lowest BCUT2D eigenvalue weighted by atomic mass is 9.87. The zero-order chi connectivity index (χ0) is 24.0. The fourth-order valence-corrected chi connectivity index (χ4v) is 3.97. The maximum Gasteiger partial charge on any atom is 0.318 e. The maximum atomic E-state index is 13.3. The van der Waals surface area contributed by atoms with Crippen LogP contribution in [0.4, 0.5) is 4.79 Å². The molecule has 1 heterocycles. The monoisotopic (exact) mass is 453 g/mol. The summed E-state index contributed by atoms with van der Waals surface area (Å²) < 4.78 is 16.3. The molecule has 0 unspecified atom stereocenters. The van der Waals surface area contributed by atoms with Crippen LogP contribution < -0.4 is 24.8 Å². The maximum absolute atomic E-state index is 13.3. The summed E-state index contributed by atoms with van der Waals surface area (Å²) >= 11 is 0. The number of carbonyl (C=O) groups is 2. The van der Waals surface area contributed by atoms with Crippen molar-refractivity contribution < 1.29 is 23.8 Å². The molecule has 0 radical (unpaired) electrons. The molecule has 8 nitrogen and oxygen atoms in total. The third-order valence-electron chi connectivity index (χ3n) is 5.72. The van der Waals surface area contributed by atoms with Gasteiger partial charge in [0.15, 0.2) is 11.5 Å². The largest absolute Gasteiger partial charge is 0.497 e. The summed E-state index contributed by atoms with van der Waals surface area (Å²) in [6.45, 7) is 6.07. The minimum Gasteiger partial charge on any atom is -0.497 e. The second-order valence-electron chi connectivity index (χ2n) is 7.73. The molecule has 2 N–H and O–H groups in total. The van der Waals surface area contributed by atoms with Gasteiger partial charge in [-0.1, -0.05) is 18.2 Å². The molecule has 0 saturated carbocycles. The second kappa shape index (κ2) is 10.8. The molecule has 2 atom stereocenters. The zero-order valence-corrected chi connectivity index (χ0v) is 19.5. The number of ether oxygens (including phenoxy) is 3. The molecule has 1 aliphatic heterocycles. The number of hydrogen-bond donors (Lipinski definition) is 2. The topological polar surface area (TPSA) is 89.1 Å². The number of nitrogens with zero attached hydrogens (tertiary/aromatic N) is 1. The molecular formula is C25H31N3O5. The summed E-state index contributed by atoms with van der Waals surface area (Å²) in [7, 11) is 4.80. The van der Waals surface area contributed by atoms with Gasteiger partial charge in [0.2, 0.25) is 5.91 Å². The third-order valence-corrected chi connectivity index (χ3v) is 5.72. The molecular weight excluding hydrogens is 422 g/mol. The van der Waals surface area contributed by atoms with E-state index in [0.29, 0.717) is 31.0 Å². The average Bonchev–Trinajstić information content (AvgIpc) is 2.85. The first kappa shape index (κ1) is 24.0. The lowest BCUT2D eigenvalue weighted by molar-refractivity contribution is -0.122. The Kier molecular flexibility index (Phi) is 7.82.